The van der Waals surface area contributed by atoms with Crippen molar-refractivity contribution in [3.63, 3.8) is 0 Å². The molecule has 1 aromatic rings. The summed E-state index contributed by atoms with van der Waals surface area (Å²) in [6.07, 6.45) is 2.27. The normalized spacial score (nSPS) is 12.8. The van der Waals surface area contributed by atoms with Crippen molar-refractivity contribution in [2.45, 2.75) is 45.4 Å². The molecule has 2 N–H and O–H groups in total. The van der Waals surface area contributed by atoms with Gasteiger partial charge in [-0.1, -0.05) is 39.3 Å². The van der Waals surface area contributed by atoms with Crippen molar-refractivity contribution >= 4 is 0 Å². The zero-order chi connectivity index (χ0) is 12.8. The lowest BCUT2D eigenvalue weighted by atomic mass is 9.90. The van der Waals surface area contributed by atoms with Crippen molar-refractivity contribution in [3.8, 4) is 5.75 Å². The predicted octanol–water partition coefficient (Wildman–Crippen LogP) is 3.66. The lowest BCUT2D eigenvalue weighted by Crippen LogP contribution is -2.13. The molecule has 1 atom stereocenters. The number of hydrogen-bond acceptors (Lipinski definition) is 2. The van der Waals surface area contributed by atoms with Crippen molar-refractivity contribution in [2.75, 3.05) is 13.7 Å². The number of rotatable bonds is 6. The van der Waals surface area contributed by atoms with E-state index < -0.39 is 0 Å². The first-order valence-corrected chi connectivity index (χ1v) is 6.51. The molecule has 0 spiro atoms. The highest BCUT2D eigenvalue weighted by molar-refractivity contribution is 5.41. The van der Waals surface area contributed by atoms with Crippen LogP contribution in [0.3, 0.4) is 0 Å². The summed E-state index contributed by atoms with van der Waals surface area (Å²) in [5.74, 6) is 1.92. The average Bonchev–Trinajstić information content (AvgIpc) is 2.35. The minimum absolute atomic E-state index is 0.411. The van der Waals surface area contributed by atoms with Crippen LogP contribution in [-0.2, 0) is 0 Å². The molecule has 0 amide bonds. The summed E-state index contributed by atoms with van der Waals surface area (Å²) in [4.78, 5) is 0. The standard InChI is InChI=1S/C15H25NO/c1-5-6-13(10-16)14-9-12(11(2)3)7-8-15(14)17-4/h7-9,11,13H,5-6,10,16H2,1-4H3. The predicted molar refractivity (Wildman–Crippen MR) is 73.8 cm³/mol. The maximum absolute atomic E-state index is 5.89. The highest BCUT2D eigenvalue weighted by atomic mass is 16.5. The fourth-order valence-corrected chi connectivity index (χ4v) is 2.18. The van der Waals surface area contributed by atoms with Gasteiger partial charge in [-0.3, -0.25) is 0 Å². The summed E-state index contributed by atoms with van der Waals surface area (Å²) in [6.45, 7) is 7.30. The molecule has 0 radical (unpaired) electrons. The van der Waals surface area contributed by atoms with E-state index in [1.165, 1.54) is 11.1 Å². The largest absolute Gasteiger partial charge is 0.496 e. The maximum Gasteiger partial charge on any atom is 0.122 e. The highest BCUT2D eigenvalue weighted by Gasteiger charge is 2.15. The minimum Gasteiger partial charge on any atom is -0.496 e. The van der Waals surface area contributed by atoms with Gasteiger partial charge in [0.25, 0.3) is 0 Å². The van der Waals surface area contributed by atoms with Crippen LogP contribution in [0, 0.1) is 0 Å². The Morgan fingerprint density at radius 1 is 1.29 bits per heavy atom. The highest BCUT2D eigenvalue weighted by Crippen LogP contribution is 2.32. The van der Waals surface area contributed by atoms with Crippen molar-refractivity contribution in [2.24, 2.45) is 5.73 Å². The second-order valence-electron chi connectivity index (χ2n) is 4.88. The van der Waals surface area contributed by atoms with Gasteiger partial charge in [0.05, 0.1) is 7.11 Å². The van der Waals surface area contributed by atoms with Gasteiger partial charge in [-0.15, -0.1) is 0 Å². The van der Waals surface area contributed by atoms with Gasteiger partial charge in [0, 0.05) is 0 Å². The van der Waals surface area contributed by atoms with E-state index in [0.717, 1.165) is 18.6 Å². The van der Waals surface area contributed by atoms with E-state index in [9.17, 15) is 0 Å². The van der Waals surface area contributed by atoms with Gasteiger partial charge in [0.15, 0.2) is 0 Å². The number of methoxy groups -OCH3 is 1. The average molecular weight is 235 g/mol. The molecular weight excluding hydrogens is 210 g/mol. The molecule has 2 nitrogen and oxygen atoms in total. The van der Waals surface area contributed by atoms with Gasteiger partial charge in [-0.2, -0.15) is 0 Å². The first-order chi connectivity index (χ1) is 8.13. The Morgan fingerprint density at radius 2 is 2.00 bits per heavy atom. The van der Waals surface area contributed by atoms with Gasteiger partial charge in [-0.25, -0.2) is 0 Å². The topological polar surface area (TPSA) is 35.2 Å². The molecule has 1 aromatic carbocycles. The minimum atomic E-state index is 0.411. The van der Waals surface area contributed by atoms with Crippen LogP contribution in [0.2, 0.25) is 0 Å². The zero-order valence-corrected chi connectivity index (χ0v) is 11.5. The van der Waals surface area contributed by atoms with E-state index in [-0.39, 0.29) is 0 Å². The molecule has 0 aromatic heterocycles. The van der Waals surface area contributed by atoms with Gasteiger partial charge in [0.1, 0.15) is 5.75 Å². The molecule has 96 valence electrons. The SMILES string of the molecule is CCCC(CN)c1cc(C(C)C)ccc1OC. The summed E-state index contributed by atoms with van der Waals surface area (Å²) in [7, 11) is 1.73. The Morgan fingerprint density at radius 3 is 2.47 bits per heavy atom. The molecular formula is C15H25NO. The molecule has 0 saturated carbocycles. The number of benzene rings is 1. The second-order valence-corrected chi connectivity index (χ2v) is 4.88. The van der Waals surface area contributed by atoms with Gasteiger partial charge < -0.3 is 10.5 Å². The molecule has 0 aliphatic heterocycles. The summed E-state index contributed by atoms with van der Waals surface area (Å²) >= 11 is 0. The number of ether oxygens (including phenoxy) is 1. The van der Waals surface area contributed by atoms with E-state index in [2.05, 4.69) is 39.0 Å². The van der Waals surface area contributed by atoms with Gasteiger partial charge in [-0.05, 0) is 42.0 Å². The van der Waals surface area contributed by atoms with Gasteiger partial charge >= 0.3 is 0 Å². The van der Waals surface area contributed by atoms with E-state index in [0.29, 0.717) is 18.4 Å². The Labute approximate surface area is 105 Å². The summed E-state index contributed by atoms with van der Waals surface area (Å²) in [5.41, 5.74) is 8.51. The third kappa shape index (κ3) is 3.47. The van der Waals surface area contributed by atoms with Crippen LogP contribution in [-0.4, -0.2) is 13.7 Å². The fourth-order valence-electron chi connectivity index (χ4n) is 2.18. The molecule has 0 heterocycles. The van der Waals surface area contributed by atoms with Crippen LogP contribution >= 0.6 is 0 Å². The summed E-state index contributed by atoms with van der Waals surface area (Å²) < 4.78 is 5.45. The zero-order valence-electron chi connectivity index (χ0n) is 11.5. The molecule has 0 fully saturated rings. The van der Waals surface area contributed by atoms with E-state index in [1.54, 1.807) is 7.11 Å². The van der Waals surface area contributed by atoms with Crippen LogP contribution in [0.15, 0.2) is 18.2 Å². The van der Waals surface area contributed by atoms with E-state index >= 15 is 0 Å². The van der Waals surface area contributed by atoms with Crippen molar-refractivity contribution in [1.29, 1.82) is 0 Å². The molecule has 0 bridgehead atoms. The summed E-state index contributed by atoms with van der Waals surface area (Å²) in [5, 5.41) is 0. The molecule has 1 unspecified atom stereocenters. The summed E-state index contributed by atoms with van der Waals surface area (Å²) in [6, 6.07) is 6.48. The molecule has 2 heteroatoms. The third-order valence-electron chi connectivity index (χ3n) is 3.28. The Balaban J connectivity index is 3.11. The van der Waals surface area contributed by atoms with Crippen molar-refractivity contribution < 1.29 is 4.74 Å². The van der Waals surface area contributed by atoms with Crippen LogP contribution in [0.5, 0.6) is 5.75 Å². The van der Waals surface area contributed by atoms with Crippen molar-refractivity contribution in [1.82, 2.24) is 0 Å². The number of nitrogens with two attached hydrogens (primary N) is 1. The van der Waals surface area contributed by atoms with Gasteiger partial charge in [0.2, 0.25) is 0 Å². The van der Waals surface area contributed by atoms with E-state index in [1.807, 2.05) is 0 Å². The molecule has 0 aliphatic carbocycles. The Bertz CT molecular complexity index is 347. The number of hydrogen-bond donors (Lipinski definition) is 1. The third-order valence-corrected chi connectivity index (χ3v) is 3.28. The quantitative estimate of drug-likeness (QED) is 0.816. The Hall–Kier alpha value is -1.02. The first kappa shape index (κ1) is 14.0. The van der Waals surface area contributed by atoms with Crippen LogP contribution in [0.1, 0.15) is 56.6 Å². The van der Waals surface area contributed by atoms with Crippen LogP contribution in [0.4, 0.5) is 0 Å². The fraction of sp³-hybridized carbons (Fsp3) is 0.600. The lowest BCUT2D eigenvalue weighted by molar-refractivity contribution is 0.403. The Kier molecular flexibility index (Phi) is 5.49. The smallest absolute Gasteiger partial charge is 0.122 e. The molecule has 17 heavy (non-hydrogen) atoms. The van der Waals surface area contributed by atoms with Crippen molar-refractivity contribution in [3.05, 3.63) is 29.3 Å². The van der Waals surface area contributed by atoms with E-state index in [4.69, 9.17) is 10.5 Å². The van der Waals surface area contributed by atoms with Crippen LogP contribution < -0.4 is 10.5 Å². The molecule has 0 saturated heterocycles. The molecule has 1 rings (SSSR count). The maximum atomic E-state index is 5.89. The lowest BCUT2D eigenvalue weighted by Gasteiger charge is -2.19. The first-order valence-electron chi connectivity index (χ1n) is 6.51. The second kappa shape index (κ2) is 6.65. The monoisotopic (exact) mass is 235 g/mol. The van der Waals surface area contributed by atoms with Crippen LogP contribution in [0.25, 0.3) is 0 Å². The molecule has 0 aliphatic rings.